The number of nitrogens with two attached hydrogens (primary N) is 1. The molecule has 7 N–H and O–H groups in total. The van der Waals surface area contributed by atoms with Gasteiger partial charge in [-0.3, -0.25) is 14.6 Å². The summed E-state index contributed by atoms with van der Waals surface area (Å²) in [5.41, 5.74) is 6.37. The molecule has 0 bridgehead atoms. The van der Waals surface area contributed by atoms with Crippen molar-refractivity contribution in [1.29, 1.82) is 0 Å². The molecule has 0 radical (unpaired) electrons. The molecule has 3 rings (SSSR count). The third-order valence-electron chi connectivity index (χ3n) is 4.03. The van der Waals surface area contributed by atoms with Gasteiger partial charge in [0.25, 0.3) is 5.56 Å². The molecule has 2 aromatic heterocycles. The number of rotatable bonds is 3. The van der Waals surface area contributed by atoms with Crippen LogP contribution in [0, 0.1) is 5.92 Å². The number of fused-ring (bicyclic) bond motifs is 1. The molecule has 2 heterocycles. The minimum atomic E-state index is -0.672. The third-order valence-corrected chi connectivity index (χ3v) is 4.03. The molecule has 0 saturated heterocycles. The van der Waals surface area contributed by atoms with Gasteiger partial charge in [0.1, 0.15) is 0 Å². The number of carbonyl (C=O) groups excluding carboxylic acids is 1. The first kappa shape index (κ1) is 21.3. The van der Waals surface area contributed by atoms with Crippen LogP contribution in [0.15, 0.2) is 23.3 Å². The maximum atomic E-state index is 11.7. The van der Waals surface area contributed by atoms with Crippen LogP contribution in [0.3, 0.4) is 0 Å². The number of hydrogen-bond donors (Lipinski definition) is 4. The Hall–Kier alpha value is -2.76. The maximum Gasteiger partial charge on any atom is 0.280 e. The first-order valence-corrected chi connectivity index (χ1v) is 7.61. The van der Waals surface area contributed by atoms with Gasteiger partial charge < -0.3 is 30.9 Å². The van der Waals surface area contributed by atoms with Gasteiger partial charge in [-0.1, -0.05) is 6.58 Å². The van der Waals surface area contributed by atoms with Crippen LogP contribution < -0.4 is 11.3 Å². The van der Waals surface area contributed by atoms with Gasteiger partial charge in [-0.2, -0.15) is 4.98 Å². The fourth-order valence-electron chi connectivity index (χ4n) is 2.74. The zero-order chi connectivity index (χ0) is 18.7. The van der Waals surface area contributed by atoms with Gasteiger partial charge in [-0.25, -0.2) is 4.98 Å². The minimum Gasteiger partial charge on any atom is -0.412 e. The highest BCUT2D eigenvalue weighted by Crippen LogP contribution is 2.39. The van der Waals surface area contributed by atoms with Crippen LogP contribution in [0.1, 0.15) is 12.5 Å². The monoisotopic (exact) mass is 368 g/mol. The largest absolute Gasteiger partial charge is 0.412 e. The van der Waals surface area contributed by atoms with Crippen molar-refractivity contribution >= 4 is 23.5 Å². The zero-order valence-corrected chi connectivity index (χ0v) is 14.6. The van der Waals surface area contributed by atoms with Gasteiger partial charge in [0.2, 0.25) is 12.4 Å². The van der Waals surface area contributed by atoms with Gasteiger partial charge in [-0.05, 0) is 12.0 Å². The molecule has 11 heteroatoms. The quantitative estimate of drug-likeness (QED) is 0.358. The lowest BCUT2D eigenvalue weighted by Gasteiger charge is -2.15. The highest BCUT2D eigenvalue weighted by Gasteiger charge is 2.37. The van der Waals surface area contributed by atoms with Crippen molar-refractivity contribution < 1.29 is 20.5 Å². The number of hydrogen-bond acceptors (Lipinski definition) is 7. The van der Waals surface area contributed by atoms with Gasteiger partial charge >= 0.3 is 0 Å². The van der Waals surface area contributed by atoms with E-state index in [0.717, 1.165) is 6.41 Å². The zero-order valence-electron chi connectivity index (χ0n) is 14.6. The summed E-state index contributed by atoms with van der Waals surface area (Å²) in [7, 11) is 3.38. The molecule has 1 aliphatic carbocycles. The van der Waals surface area contributed by atoms with Gasteiger partial charge in [0.05, 0.1) is 25.1 Å². The van der Waals surface area contributed by atoms with Crippen LogP contribution in [0.4, 0.5) is 5.95 Å². The number of carbonyl (C=O) groups is 1. The van der Waals surface area contributed by atoms with Crippen LogP contribution in [0.25, 0.3) is 11.2 Å². The lowest BCUT2D eigenvalue weighted by molar-refractivity contribution is -0.115. The molecule has 26 heavy (non-hydrogen) atoms. The number of H-pyrrole nitrogens is 1. The lowest BCUT2D eigenvalue weighted by atomic mass is 10.0. The second-order valence-corrected chi connectivity index (χ2v) is 6.03. The summed E-state index contributed by atoms with van der Waals surface area (Å²) < 4.78 is 1.67. The number of aliphatic hydroxyl groups excluding tert-OH is 2. The number of aromatic amines is 1. The summed E-state index contributed by atoms with van der Waals surface area (Å²) in [6.45, 7) is 3.76. The Morgan fingerprint density at radius 1 is 1.54 bits per heavy atom. The number of anilines is 1. The van der Waals surface area contributed by atoms with E-state index < -0.39 is 11.7 Å². The molecule has 11 nitrogen and oxygen atoms in total. The fourth-order valence-corrected chi connectivity index (χ4v) is 2.74. The predicted molar refractivity (Wildman–Crippen MR) is 95.3 cm³/mol. The number of aliphatic hydroxyl groups is 2. The van der Waals surface area contributed by atoms with Crippen molar-refractivity contribution in [3.8, 4) is 0 Å². The van der Waals surface area contributed by atoms with Crippen molar-refractivity contribution in [3.63, 3.8) is 0 Å². The molecule has 1 fully saturated rings. The average Bonchev–Trinajstić information content (AvgIpc) is 3.08. The number of aromatic nitrogens is 4. The molecule has 3 atom stereocenters. The first-order chi connectivity index (χ1) is 11.8. The predicted octanol–water partition coefficient (Wildman–Crippen LogP) is -1.95. The van der Waals surface area contributed by atoms with E-state index in [1.807, 2.05) is 0 Å². The summed E-state index contributed by atoms with van der Waals surface area (Å²) in [6.07, 6.45) is 1.95. The molecule has 0 spiro atoms. The SMILES string of the molecule is C=C1[C@H](CO)[C@@H](O)C[C@@H]1n1cnc2c(=O)[nH]c(N)nc21.CN(C)C=O.O. The Balaban J connectivity index is 0.000000501. The lowest BCUT2D eigenvalue weighted by Crippen LogP contribution is -2.17. The second kappa shape index (κ2) is 8.56. The summed E-state index contributed by atoms with van der Waals surface area (Å²) in [5.74, 6) is -0.371. The highest BCUT2D eigenvalue weighted by molar-refractivity contribution is 5.70. The number of nitrogens with one attached hydrogen (secondary N) is 1. The van der Waals surface area contributed by atoms with E-state index >= 15 is 0 Å². The Morgan fingerprint density at radius 3 is 2.65 bits per heavy atom. The van der Waals surface area contributed by atoms with Crippen LogP contribution in [-0.4, -0.2) is 73.3 Å². The van der Waals surface area contributed by atoms with Crippen molar-refractivity contribution in [3.05, 3.63) is 28.8 Å². The normalized spacial score (nSPS) is 21.7. The molecule has 0 aliphatic heterocycles. The Labute approximate surface area is 149 Å². The van der Waals surface area contributed by atoms with E-state index in [-0.39, 0.29) is 35.5 Å². The van der Waals surface area contributed by atoms with Gasteiger partial charge in [0, 0.05) is 20.0 Å². The summed E-state index contributed by atoms with van der Waals surface area (Å²) in [5, 5.41) is 19.2. The fraction of sp³-hybridized carbons (Fsp3) is 0.467. The Morgan fingerprint density at radius 2 is 2.15 bits per heavy atom. The molecule has 1 saturated carbocycles. The summed E-state index contributed by atoms with van der Waals surface area (Å²) in [4.78, 5) is 33.1. The van der Waals surface area contributed by atoms with Crippen molar-refractivity contribution in [1.82, 2.24) is 24.4 Å². The van der Waals surface area contributed by atoms with Crippen LogP contribution in [0.5, 0.6) is 0 Å². The van der Waals surface area contributed by atoms with Crippen molar-refractivity contribution in [2.45, 2.75) is 18.6 Å². The smallest absolute Gasteiger partial charge is 0.280 e. The van der Waals surface area contributed by atoms with E-state index in [4.69, 9.17) is 5.73 Å². The molecule has 144 valence electrons. The van der Waals surface area contributed by atoms with Gasteiger partial charge in [-0.15, -0.1) is 0 Å². The number of nitrogens with zero attached hydrogens (tertiary/aromatic N) is 4. The molecule has 0 unspecified atom stereocenters. The standard InChI is InChI=1S/C12H15N5O3.C3H7NO.H2O/c1-5-6(3-18)8(19)2-7(5)17-4-14-9-10(17)15-12(13)16-11(9)20;1-4(2)3-5;/h4,6-8,18-19H,1-3H2,(H3,13,15,16,20);3H,1-2H3;1H2/t6-,7-,8-;;/m0../s1. The first-order valence-electron chi connectivity index (χ1n) is 7.61. The van der Waals surface area contributed by atoms with E-state index in [0.29, 0.717) is 17.6 Å². The number of amides is 1. The summed E-state index contributed by atoms with van der Waals surface area (Å²) >= 11 is 0. The summed E-state index contributed by atoms with van der Waals surface area (Å²) in [6, 6.07) is -0.263. The number of imidazole rings is 1. The topological polar surface area (TPSA) is 182 Å². The maximum absolute atomic E-state index is 11.7. The average molecular weight is 368 g/mol. The van der Waals surface area contributed by atoms with E-state index in [1.54, 1.807) is 18.7 Å². The minimum absolute atomic E-state index is 0. The van der Waals surface area contributed by atoms with Crippen LogP contribution >= 0.6 is 0 Å². The van der Waals surface area contributed by atoms with E-state index in [1.165, 1.54) is 11.2 Å². The van der Waals surface area contributed by atoms with Crippen molar-refractivity contribution in [2.75, 3.05) is 26.4 Å². The molecular weight excluding hydrogens is 344 g/mol. The van der Waals surface area contributed by atoms with E-state index in [9.17, 15) is 19.8 Å². The van der Waals surface area contributed by atoms with Crippen LogP contribution in [-0.2, 0) is 4.79 Å². The number of nitrogen functional groups attached to an aromatic ring is 1. The Kier molecular flexibility index (Phi) is 7.01. The van der Waals surface area contributed by atoms with Gasteiger partial charge in [0.15, 0.2) is 11.2 Å². The highest BCUT2D eigenvalue weighted by atomic mass is 16.3. The third kappa shape index (κ3) is 4.07. The molecule has 1 aliphatic rings. The second-order valence-electron chi connectivity index (χ2n) is 6.03. The molecule has 2 aromatic rings. The molecular formula is C15H24N6O5. The molecule has 1 amide bonds. The molecule has 0 aromatic carbocycles. The van der Waals surface area contributed by atoms with Crippen molar-refractivity contribution in [2.24, 2.45) is 5.92 Å². The van der Waals surface area contributed by atoms with E-state index in [2.05, 4.69) is 21.5 Å². The van der Waals surface area contributed by atoms with Crippen LogP contribution in [0.2, 0.25) is 0 Å². The Bertz CT molecular complexity index is 830.